The predicted molar refractivity (Wildman–Crippen MR) is 78.0 cm³/mol. The molecular weight excluding hydrogens is 272 g/mol. The average Bonchev–Trinajstić information content (AvgIpc) is 2.36. The smallest absolute Gasteiger partial charge is 0.0186 e. The minimum absolute atomic E-state index is 0.440. The van der Waals surface area contributed by atoms with E-state index in [-0.39, 0.29) is 0 Å². The topological polar surface area (TPSA) is 0 Å². The highest BCUT2D eigenvalue weighted by Crippen LogP contribution is 2.27. The van der Waals surface area contributed by atoms with E-state index >= 15 is 0 Å². The Hall–Kier alpha value is -1.08. The van der Waals surface area contributed by atoms with Crippen molar-refractivity contribution in [2.45, 2.75) is 19.8 Å². The molecule has 2 rings (SSSR count). The van der Waals surface area contributed by atoms with Crippen molar-refractivity contribution in [2.24, 2.45) is 0 Å². The Morgan fingerprint density at radius 1 is 0.882 bits per heavy atom. The molecule has 0 N–H and O–H groups in total. The third-order valence-corrected chi connectivity index (χ3v) is 3.94. The van der Waals surface area contributed by atoms with Gasteiger partial charge in [-0.1, -0.05) is 64.5 Å². The van der Waals surface area contributed by atoms with Crippen molar-refractivity contribution in [2.75, 3.05) is 5.33 Å². The van der Waals surface area contributed by atoms with Crippen molar-refractivity contribution in [1.82, 2.24) is 0 Å². The molecule has 1 atom stereocenters. The monoisotopic (exact) mass is 288 g/mol. The number of benzene rings is 2. The molecule has 0 saturated heterocycles. The molecule has 0 aliphatic carbocycles. The molecule has 0 nitrogen and oxygen atoms in total. The Morgan fingerprint density at radius 3 is 2.18 bits per heavy atom. The van der Waals surface area contributed by atoms with Crippen LogP contribution in [-0.4, -0.2) is 5.33 Å². The Balaban J connectivity index is 2.39. The second-order valence-corrected chi connectivity index (χ2v) is 5.11. The number of halogens is 1. The summed E-state index contributed by atoms with van der Waals surface area (Å²) in [5.41, 5.74) is 5.48. The molecule has 0 aliphatic rings. The highest BCUT2D eigenvalue weighted by atomic mass is 79.9. The summed E-state index contributed by atoms with van der Waals surface area (Å²) in [5, 5.41) is 0.958. The number of hydrogen-bond donors (Lipinski definition) is 0. The summed E-state index contributed by atoms with van der Waals surface area (Å²) in [4.78, 5) is 0. The van der Waals surface area contributed by atoms with Crippen LogP contribution in [-0.2, 0) is 0 Å². The summed E-state index contributed by atoms with van der Waals surface area (Å²) in [6, 6.07) is 17.4. The van der Waals surface area contributed by atoms with Gasteiger partial charge in [0, 0.05) is 11.2 Å². The summed E-state index contributed by atoms with van der Waals surface area (Å²) in [5.74, 6) is 0.440. The third kappa shape index (κ3) is 2.78. The fourth-order valence-corrected chi connectivity index (χ4v) is 2.78. The molecule has 2 aromatic carbocycles. The first kappa shape index (κ1) is 12.4. The second-order valence-electron chi connectivity index (χ2n) is 4.46. The minimum Gasteiger partial charge on any atom is -0.0918 e. The minimum atomic E-state index is 0.440. The van der Waals surface area contributed by atoms with Gasteiger partial charge >= 0.3 is 0 Å². The molecule has 88 valence electrons. The molecule has 0 fully saturated rings. The number of alkyl halides is 1. The largest absolute Gasteiger partial charge is 0.0918 e. The Kier molecular flexibility index (Phi) is 4.01. The molecule has 1 unspecified atom stereocenters. The maximum Gasteiger partial charge on any atom is 0.0186 e. The van der Waals surface area contributed by atoms with Crippen LogP contribution in [0.3, 0.4) is 0 Å². The van der Waals surface area contributed by atoms with Crippen molar-refractivity contribution in [3.05, 3.63) is 70.8 Å². The molecule has 17 heavy (non-hydrogen) atoms. The van der Waals surface area contributed by atoms with E-state index in [1.54, 1.807) is 0 Å². The Labute approximate surface area is 112 Å². The standard InChI is InChI=1S/C16H17Br/c1-12-8-9-15(10-13(12)2)16(11-17)14-6-4-3-5-7-14/h3-10,16H,11H2,1-2H3. The lowest BCUT2D eigenvalue weighted by Gasteiger charge is -2.16. The third-order valence-electron chi connectivity index (χ3n) is 3.29. The van der Waals surface area contributed by atoms with Gasteiger partial charge in [0.2, 0.25) is 0 Å². The SMILES string of the molecule is Cc1ccc(C(CBr)c2ccccc2)cc1C. The lowest BCUT2D eigenvalue weighted by molar-refractivity contribution is 0.940. The van der Waals surface area contributed by atoms with E-state index in [9.17, 15) is 0 Å². The molecule has 0 aliphatic heterocycles. The van der Waals surface area contributed by atoms with Crippen LogP contribution >= 0.6 is 15.9 Å². The fourth-order valence-electron chi connectivity index (χ4n) is 2.04. The van der Waals surface area contributed by atoms with Crippen molar-refractivity contribution < 1.29 is 0 Å². The first-order valence-corrected chi connectivity index (χ1v) is 7.02. The molecular formula is C16H17Br. The molecule has 2 aromatic rings. The Morgan fingerprint density at radius 2 is 1.59 bits per heavy atom. The lowest BCUT2D eigenvalue weighted by atomic mass is 9.91. The zero-order valence-corrected chi connectivity index (χ0v) is 11.9. The molecule has 0 amide bonds. The van der Waals surface area contributed by atoms with Gasteiger partial charge in [-0.2, -0.15) is 0 Å². The number of rotatable bonds is 3. The van der Waals surface area contributed by atoms with Crippen LogP contribution in [0.15, 0.2) is 48.5 Å². The van der Waals surface area contributed by atoms with E-state index in [1.165, 1.54) is 22.3 Å². The molecule has 0 saturated carbocycles. The lowest BCUT2D eigenvalue weighted by Crippen LogP contribution is -2.03. The molecule has 1 heteroatoms. The van der Waals surface area contributed by atoms with Crippen LogP contribution in [0.4, 0.5) is 0 Å². The summed E-state index contributed by atoms with van der Waals surface area (Å²) < 4.78 is 0. The fraction of sp³-hybridized carbons (Fsp3) is 0.250. The number of aryl methyl sites for hydroxylation is 2. The normalized spacial score (nSPS) is 12.4. The first-order chi connectivity index (χ1) is 8.22. The first-order valence-electron chi connectivity index (χ1n) is 5.90. The van der Waals surface area contributed by atoms with Gasteiger partial charge in [-0.25, -0.2) is 0 Å². The zero-order chi connectivity index (χ0) is 12.3. The molecule has 0 radical (unpaired) electrons. The van der Waals surface area contributed by atoms with Gasteiger partial charge in [-0.15, -0.1) is 0 Å². The highest BCUT2D eigenvalue weighted by Gasteiger charge is 2.12. The average molecular weight is 289 g/mol. The zero-order valence-electron chi connectivity index (χ0n) is 10.3. The van der Waals surface area contributed by atoms with Crippen LogP contribution in [0.5, 0.6) is 0 Å². The maximum absolute atomic E-state index is 3.63. The summed E-state index contributed by atoms with van der Waals surface area (Å²) in [6.45, 7) is 4.33. The maximum atomic E-state index is 3.63. The second kappa shape index (κ2) is 5.50. The van der Waals surface area contributed by atoms with E-state index in [0.29, 0.717) is 5.92 Å². The predicted octanol–water partition coefficient (Wildman–Crippen LogP) is 4.83. The van der Waals surface area contributed by atoms with Gasteiger partial charge in [0.15, 0.2) is 0 Å². The van der Waals surface area contributed by atoms with Gasteiger partial charge in [0.1, 0.15) is 0 Å². The van der Waals surface area contributed by atoms with Gasteiger partial charge < -0.3 is 0 Å². The van der Waals surface area contributed by atoms with Crippen molar-refractivity contribution in [3.8, 4) is 0 Å². The van der Waals surface area contributed by atoms with Crippen LogP contribution in [0.2, 0.25) is 0 Å². The van der Waals surface area contributed by atoms with Crippen LogP contribution in [0, 0.1) is 13.8 Å². The Bertz CT molecular complexity index is 488. The van der Waals surface area contributed by atoms with Crippen LogP contribution < -0.4 is 0 Å². The van der Waals surface area contributed by atoms with Crippen LogP contribution in [0.25, 0.3) is 0 Å². The summed E-state index contributed by atoms with van der Waals surface area (Å²) >= 11 is 3.63. The van der Waals surface area contributed by atoms with E-state index in [4.69, 9.17) is 0 Å². The van der Waals surface area contributed by atoms with E-state index in [0.717, 1.165) is 5.33 Å². The van der Waals surface area contributed by atoms with E-state index in [1.807, 2.05) is 0 Å². The molecule has 0 aromatic heterocycles. The van der Waals surface area contributed by atoms with E-state index < -0.39 is 0 Å². The van der Waals surface area contributed by atoms with Gasteiger partial charge in [0.25, 0.3) is 0 Å². The van der Waals surface area contributed by atoms with Crippen LogP contribution in [0.1, 0.15) is 28.2 Å². The van der Waals surface area contributed by atoms with E-state index in [2.05, 4.69) is 78.3 Å². The molecule has 0 bridgehead atoms. The molecule has 0 heterocycles. The van der Waals surface area contributed by atoms with Gasteiger partial charge in [0.05, 0.1) is 0 Å². The van der Waals surface area contributed by atoms with Crippen molar-refractivity contribution in [1.29, 1.82) is 0 Å². The van der Waals surface area contributed by atoms with Gasteiger partial charge in [-0.3, -0.25) is 0 Å². The molecule has 0 spiro atoms. The quantitative estimate of drug-likeness (QED) is 0.710. The van der Waals surface area contributed by atoms with Crippen molar-refractivity contribution >= 4 is 15.9 Å². The highest BCUT2D eigenvalue weighted by molar-refractivity contribution is 9.09. The van der Waals surface area contributed by atoms with Crippen molar-refractivity contribution in [3.63, 3.8) is 0 Å². The number of hydrogen-bond acceptors (Lipinski definition) is 0. The summed E-state index contributed by atoms with van der Waals surface area (Å²) in [6.07, 6.45) is 0. The van der Waals surface area contributed by atoms with Gasteiger partial charge in [-0.05, 0) is 36.1 Å². The summed E-state index contributed by atoms with van der Waals surface area (Å²) in [7, 11) is 0.